The van der Waals surface area contributed by atoms with Gasteiger partial charge in [0.15, 0.2) is 17.1 Å². The number of fused-ring (bicyclic) bond motifs is 5. The maximum Gasteiger partial charge on any atom is 0.265 e. The van der Waals surface area contributed by atoms with Crippen LogP contribution >= 0.6 is 0 Å². The van der Waals surface area contributed by atoms with Crippen LogP contribution in [0.5, 0.6) is 11.6 Å². The molecule has 0 saturated heterocycles. The smallest absolute Gasteiger partial charge is 0.265 e. The molecular weight excluding hydrogens is 744 g/mol. The van der Waals surface area contributed by atoms with Crippen molar-refractivity contribution < 1.29 is 43.0 Å². The van der Waals surface area contributed by atoms with Crippen LogP contribution in [0.15, 0.2) is 83.4 Å². The first-order valence-electron chi connectivity index (χ1n) is 19.8. The fraction of sp³-hybridized carbons (Fsp3) is 0.378. The number of carbonyl (C=O) groups excluding carboxylic acids is 3. The highest BCUT2D eigenvalue weighted by molar-refractivity contribution is 6.26. The minimum Gasteiger partial charge on any atom is -0.507 e. The highest BCUT2D eigenvalue weighted by atomic mass is 19.1. The average Bonchev–Trinajstić information content (AvgIpc) is 3.65. The summed E-state index contributed by atoms with van der Waals surface area (Å²) in [5, 5.41) is 31.9. The van der Waals surface area contributed by atoms with Crippen LogP contribution in [0.4, 0.5) is 10.1 Å². The third-order valence-electron chi connectivity index (χ3n) is 12.2. The normalized spacial score (nSPS) is 23.5. The van der Waals surface area contributed by atoms with Crippen LogP contribution < -0.4 is 14.8 Å². The molecule has 302 valence electrons. The Balaban J connectivity index is 1.25. The van der Waals surface area contributed by atoms with Crippen molar-refractivity contribution in [3.8, 4) is 11.6 Å². The van der Waals surface area contributed by atoms with Crippen molar-refractivity contribution in [1.82, 2.24) is 15.0 Å². The monoisotopic (exact) mass is 790 g/mol. The Kier molecular flexibility index (Phi) is 10.6. The molecule has 12 nitrogen and oxygen atoms in total. The lowest BCUT2D eigenvalue weighted by atomic mass is 9.57. The number of Topliss-reactive ketones (excluding diaryl/α,β-unsaturated/α-hetero) is 2. The van der Waals surface area contributed by atoms with Gasteiger partial charge < -0.3 is 29.5 Å². The molecule has 0 bridgehead atoms. The van der Waals surface area contributed by atoms with Gasteiger partial charge in [0.1, 0.15) is 30.4 Å². The second kappa shape index (κ2) is 15.6. The Labute approximate surface area is 335 Å². The van der Waals surface area contributed by atoms with E-state index in [1.165, 1.54) is 0 Å². The topological polar surface area (TPSA) is 155 Å². The van der Waals surface area contributed by atoms with E-state index in [1.807, 2.05) is 84.3 Å². The minimum absolute atomic E-state index is 0.000613. The van der Waals surface area contributed by atoms with E-state index in [2.05, 4.69) is 17.1 Å². The molecule has 1 fully saturated rings. The molecule has 3 aromatic carbocycles. The van der Waals surface area contributed by atoms with E-state index in [0.29, 0.717) is 19.6 Å². The van der Waals surface area contributed by atoms with Gasteiger partial charge in [-0.1, -0.05) is 80.6 Å². The molecule has 58 heavy (non-hydrogen) atoms. The SMILES string of the molecule is C=CCN(CCC)C1Cc2c(F)c3c(c(OCc4ccccc4)c2NC1=O)C(O)=C1C(=O)[C@]2(O)C(=O)c4c(OCc5ccccc5)noc4[C@@H](N(C)CC)[C@@H]2C[C@@H]1C3. The zero-order valence-electron chi connectivity index (χ0n) is 32.8. The van der Waals surface area contributed by atoms with Crippen LogP contribution in [0.2, 0.25) is 0 Å². The molecule has 1 saturated carbocycles. The van der Waals surface area contributed by atoms with Gasteiger partial charge in [0.25, 0.3) is 5.88 Å². The average molecular weight is 791 g/mol. The number of hydrogen-bond acceptors (Lipinski definition) is 11. The first-order valence-corrected chi connectivity index (χ1v) is 19.8. The summed E-state index contributed by atoms with van der Waals surface area (Å²) in [5.41, 5.74) is -1.07. The van der Waals surface area contributed by atoms with Gasteiger partial charge in [0.05, 0.1) is 23.3 Å². The van der Waals surface area contributed by atoms with Gasteiger partial charge in [0.2, 0.25) is 17.5 Å². The summed E-state index contributed by atoms with van der Waals surface area (Å²) in [6, 6.07) is 17.0. The molecule has 3 N–H and O–H groups in total. The summed E-state index contributed by atoms with van der Waals surface area (Å²) in [7, 11) is 1.79. The quantitative estimate of drug-likeness (QED) is 0.102. The second-order valence-corrected chi connectivity index (χ2v) is 15.6. The van der Waals surface area contributed by atoms with E-state index < -0.39 is 52.7 Å². The maximum atomic E-state index is 17.3. The minimum atomic E-state index is -2.65. The molecule has 1 unspecified atom stereocenters. The Hall–Kier alpha value is -5.63. The van der Waals surface area contributed by atoms with E-state index in [-0.39, 0.29) is 89.3 Å². The molecule has 0 spiro atoms. The number of aromatic nitrogens is 1. The Morgan fingerprint density at radius 2 is 1.66 bits per heavy atom. The zero-order valence-corrected chi connectivity index (χ0v) is 32.8. The van der Waals surface area contributed by atoms with Gasteiger partial charge in [0, 0.05) is 35.6 Å². The molecule has 4 aliphatic rings. The van der Waals surface area contributed by atoms with Gasteiger partial charge in [-0.05, 0) is 61.6 Å². The number of aliphatic hydroxyl groups is 2. The lowest BCUT2D eigenvalue weighted by molar-refractivity contribution is -0.143. The first kappa shape index (κ1) is 39.2. The van der Waals surface area contributed by atoms with E-state index in [1.54, 1.807) is 13.1 Å². The van der Waals surface area contributed by atoms with Crippen molar-refractivity contribution in [3.05, 3.63) is 124 Å². The van der Waals surface area contributed by atoms with Crippen molar-refractivity contribution in [3.63, 3.8) is 0 Å². The van der Waals surface area contributed by atoms with Gasteiger partial charge in [-0.3, -0.25) is 24.2 Å². The summed E-state index contributed by atoms with van der Waals surface area (Å²) >= 11 is 0. The predicted octanol–water partition coefficient (Wildman–Crippen LogP) is 6.38. The number of halogens is 1. The molecule has 8 rings (SSSR count). The lowest BCUT2D eigenvalue weighted by Crippen LogP contribution is -2.63. The Morgan fingerprint density at radius 1 is 0.983 bits per heavy atom. The summed E-state index contributed by atoms with van der Waals surface area (Å²) in [5.74, 6) is -5.33. The highest BCUT2D eigenvalue weighted by Gasteiger charge is 2.66. The summed E-state index contributed by atoms with van der Waals surface area (Å²) in [4.78, 5) is 47.2. The van der Waals surface area contributed by atoms with E-state index >= 15 is 4.39 Å². The molecule has 1 amide bonds. The van der Waals surface area contributed by atoms with Crippen LogP contribution in [-0.2, 0) is 35.6 Å². The van der Waals surface area contributed by atoms with Crippen molar-refractivity contribution >= 4 is 28.9 Å². The second-order valence-electron chi connectivity index (χ2n) is 15.6. The Morgan fingerprint density at radius 3 is 2.29 bits per heavy atom. The zero-order chi connectivity index (χ0) is 40.9. The largest absolute Gasteiger partial charge is 0.507 e. The van der Waals surface area contributed by atoms with Crippen LogP contribution in [0, 0.1) is 17.7 Å². The molecule has 13 heteroatoms. The van der Waals surface area contributed by atoms with Gasteiger partial charge in [-0.25, -0.2) is 4.39 Å². The molecule has 3 aliphatic carbocycles. The van der Waals surface area contributed by atoms with Crippen LogP contribution in [0.3, 0.4) is 0 Å². The number of ketones is 2. The summed E-state index contributed by atoms with van der Waals surface area (Å²) in [6.07, 6.45) is 2.51. The number of nitrogens with zero attached hydrogens (tertiary/aromatic N) is 3. The molecule has 1 aliphatic heterocycles. The fourth-order valence-corrected chi connectivity index (χ4v) is 9.31. The van der Waals surface area contributed by atoms with Gasteiger partial charge >= 0.3 is 0 Å². The lowest BCUT2D eigenvalue weighted by Gasteiger charge is -2.49. The van der Waals surface area contributed by atoms with Crippen molar-refractivity contribution in [2.45, 2.75) is 70.4 Å². The summed E-state index contributed by atoms with van der Waals surface area (Å²) < 4.78 is 35.5. The van der Waals surface area contributed by atoms with E-state index in [0.717, 1.165) is 17.5 Å². The summed E-state index contributed by atoms with van der Waals surface area (Å²) in [6.45, 7) is 9.26. The molecule has 4 aromatic rings. The number of anilines is 1. The van der Waals surface area contributed by atoms with E-state index in [9.17, 15) is 24.6 Å². The fourth-order valence-electron chi connectivity index (χ4n) is 9.31. The molecule has 1 aromatic heterocycles. The number of amides is 1. The van der Waals surface area contributed by atoms with Crippen molar-refractivity contribution in [2.75, 3.05) is 32.0 Å². The van der Waals surface area contributed by atoms with Crippen molar-refractivity contribution in [1.29, 1.82) is 0 Å². The number of carbonyl (C=O) groups is 3. The first-order chi connectivity index (χ1) is 28.0. The number of ether oxygens (including phenoxy) is 2. The number of rotatable bonds is 13. The highest BCUT2D eigenvalue weighted by Crippen LogP contribution is 2.57. The standard InChI is InChI=1S/C45H47FN4O8/c1-5-18-50(19-6-2)31-22-29-35(46)28-20-27-21-30-37(49(4)7-3)40-34(44(48-58-40)57-24-26-16-12-9-13-17-26)42(53)45(30,55)41(52)32(27)38(51)33(28)39(36(29)47-43(31)54)56-23-25-14-10-8-11-15-25/h5,8-17,27,30-31,37,51,55H,1,6-7,18-24H2,2-4H3,(H,47,54)/t27-,30-,31?,37-,45-/m0/s1. The number of nitrogens with one attached hydrogen (secondary N) is 1. The van der Waals surface area contributed by atoms with Gasteiger partial charge in [-0.2, -0.15) is 0 Å². The molecular formula is C45H47FN4O8. The predicted molar refractivity (Wildman–Crippen MR) is 213 cm³/mol. The van der Waals surface area contributed by atoms with Gasteiger partial charge in [-0.15, -0.1) is 6.58 Å². The molecule has 5 atom stereocenters. The maximum absolute atomic E-state index is 17.3. The number of hydrogen-bond donors (Lipinski definition) is 3. The Bertz CT molecular complexity index is 2310. The number of benzene rings is 3. The van der Waals surface area contributed by atoms with Crippen LogP contribution in [-0.4, -0.2) is 81.0 Å². The van der Waals surface area contributed by atoms with Crippen molar-refractivity contribution in [2.24, 2.45) is 11.8 Å². The third-order valence-corrected chi connectivity index (χ3v) is 12.2. The van der Waals surface area contributed by atoms with E-state index in [4.69, 9.17) is 14.0 Å². The molecule has 2 heterocycles. The van der Waals surface area contributed by atoms with Crippen LogP contribution in [0.25, 0.3) is 5.76 Å². The van der Waals surface area contributed by atoms with Crippen LogP contribution in [0.1, 0.15) is 76.7 Å². The molecule has 0 radical (unpaired) electrons. The number of aliphatic hydroxyl groups excluding tert-OH is 1. The third kappa shape index (κ3) is 6.32.